The van der Waals surface area contributed by atoms with E-state index in [0.29, 0.717) is 18.7 Å². The van der Waals surface area contributed by atoms with Crippen LogP contribution in [0.4, 0.5) is 10.1 Å². The fourth-order valence-corrected chi connectivity index (χ4v) is 2.44. The van der Waals surface area contributed by atoms with Crippen molar-refractivity contribution in [3.05, 3.63) is 41.7 Å². The van der Waals surface area contributed by atoms with E-state index in [-0.39, 0.29) is 16.8 Å². The average Bonchev–Trinajstić information content (AvgIpc) is 2.90. The van der Waals surface area contributed by atoms with Crippen molar-refractivity contribution < 1.29 is 14.0 Å². The van der Waals surface area contributed by atoms with Gasteiger partial charge in [0.1, 0.15) is 11.9 Å². The number of hydrogen-bond acceptors (Lipinski definition) is 2. The molecule has 0 radical (unpaired) electrons. The standard InChI is InChI=1S/C14H14ClFN2O2/c1-2-13(19)18-7-3-4-12(18)14(20)17-11-6-5-9(16)8-10(11)15/h2,5-6,8,12H,1,3-4,7H2,(H,17,20)/t12-/m1/s1. The van der Waals surface area contributed by atoms with Crippen molar-refractivity contribution in [1.29, 1.82) is 0 Å². The Morgan fingerprint density at radius 1 is 1.50 bits per heavy atom. The van der Waals surface area contributed by atoms with Crippen molar-refractivity contribution in [1.82, 2.24) is 4.90 Å². The molecule has 0 aromatic heterocycles. The first-order valence-electron chi connectivity index (χ1n) is 6.22. The third kappa shape index (κ3) is 2.99. The number of amides is 2. The summed E-state index contributed by atoms with van der Waals surface area (Å²) in [6.07, 6.45) is 2.54. The molecule has 6 heteroatoms. The highest BCUT2D eigenvalue weighted by Gasteiger charge is 2.33. The van der Waals surface area contributed by atoms with E-state index in [2.05, 4.69) is 11.9 Å². The quantitative estimate of drug-likeness (QED) is 0.872. The van der Waals surface area contributed by atoms with Crippen molar-refractivity contribution in [2.75, 3.05) is 11.9 Å². The maximum absolute atomic E-state index is 12.9. The molecular weight excluding hydrogens is 283 g/mol. The third-order valence-electron chi connectivity index (χ3n) is 3.20. The van der Waals surface area contributed by atoms with Gasteiger partial charge in [-0.2, -0.15) is 0 Å². The van der Waals surface area contributed by atoms with Gasteiger partial charge in [0.25, 0.3) is 0 Å². The Morgan fingerprint density at radius 2 is 2.25 bits per heavy atom. The number of benzene rings is 1. The maximum atomic E-state index is 12.9. The lowest BCUT2D eigenvalue weighted by Crippen LogP contribution is -2.42. The summed E-state index contributed by atoms with van der Waals surface area (Å²) < 4.78 is 12.9. The van der Waals surface area contributed by atoms with Crippen LogP contribution in [-0.2, 0) is 9.59 Å². The normalized spacial score (nSPS) is 17.9. The SMILES string of the molecule is C=CC(=O)N1CCC[C@@H]1C(=O)Nc1ccc(F)cc1Cl. The van der Waals surface area contributed by atoms with Crippen LogP contribution >= 0.6 is 11.6 Å². The number of carbonyl (C=O) groups excluding carboxylic acids is 2. The predicted molar refractivity (Wildman–Crippen MR) is 75.0 cm³/mol. The van der Waals surface area contributed by atoms with Gasteiger partial charge in [-0.3, -0.25) is 9.59 Å². The van der Waals surface area contributed by atoms with E-state index in [1.165, 1.54) is 23.1 Å². The van der Waals surface area contributed by atoms with Gasteiger partial charge in [0.15, 0.2) is 0 Å². The summed E-state index contributed by atoms with van der Waals surface area (Å²) in [5.74, 6) is -1.07. The van der Waals surface area contributed by atoms with Gasteiger partial charge in [-0.15, -0.1) is 0 Å². The summed E-state index contributed by atoms with van der Waals surface area (Å²) in [5, 5.41) is 2.75. The zero-order valence-corrected chi connectivity index (χ0v) is 11.5. The van der Waals surface area contributed by atoms with Crippen molar-refractivity contribution in [3.8, 4) is 0 Å². The van der Waals surface area contributed by atoms with Crippen molar-refractivity contribution in [2.45, 2.75) is 18.9 Å². The fraction of sp³-hybridized carbons (Fsp3) is 0.286. The Hall–Kier alpha value is -1.88. The molecule has 20 heavy (non-hydrogen) atoms. The average molecular weight is 297 g/mol. The number of anilines is 1. The molecule has 1 aromatic rings. The number of nitrogens with zero attached hydrogens (tertiary/aromatic N) is 1. The van der Waals surface area contributed by atoms with E-state index in [0.717, 1.165) is 12.5 Å². The van der Waals surface area contributed by atoms with Gasteiger partial charge in [-0.25, -0.2) is 4.39 Å². The molecule has 4 nitrogen and oxygen atoms in total. The second-order valence-corrected chi connectivity index (χ2v) is 4.91. The summed E-state index contributed by atoms with van der Waals surface area (Å²) in [6, 6.07) is 3.19. The molecule has 2 rings (SSSR count). The highest BCUT2D eigenvalue weighted by atomic mass is 35.5. The van der Waals surface area contributed by atoms with Gasteiger partial charge in [0.2, 0.25) is 11.8 Å². The molecule has 1 aromatic carbocycles. The number of likely N-dealkylation sites (tertiary alicyclic amines) is 1. The number of halogens is 2. The minimum absolute atomic E-state index is 0.123. The van der Waals surface area contributed by atoms with Crippen LogP contribution in [0.3, 0.4) is 0 Å². The number of nitrogens with one attached hydrogen (secondary N) is 1. The summed E-state index contributed by atoms with van der Waals surface area (Å²) in [4.78, 5) is 25.3. The molecule has 1 aliphatic heterocycles. The van der Waals surface area contributed by atoms with Gasteiger partial charge >= 0.3 is 0 Å². The zero-order valence-electron chi connectivity index (χ0n) is 10.7. The van der Waals surface area contributed by atoms with E-state index in [1.807, 2.05) is 0 Å². The summed E-state index contributed by atoms with van der Waals surface area (Å²) in [5.41, 5.74) is 0.330. The lowest BCUT2D eigenvalue weighted by molar-refractivity contribution is -0.132. The van der Waals surface area contributed by atoms with Crippen molar-refractivity contribution >= 4 is 29.1 Å². The van der Waals surface area contributed by atoms with E-state index in [9.17, 15) is 14.0 Å². The first kappa shape index (κ1) is 14.5. The molecule has 1 heterocycles. The second-order valence-electron chi connectivity index (χ2n) is 4.51. The van der Waals surface area contributed by atoms with Gasteiger partial charge in [-0.05, 0) is 37.1 Å². The van der Waals surface area contributed by atoms with Crippen molar-refractivity contribution in [2.24, 2.45) is 0 Å². The van der Waals surface area contributed by atoms with Crippen molar-refractivity contribution in [3.63, 3.8) is 0 Å². The molecule has 2 amide bonds. The molecule has 1 atom stereocenters. The van der Waals surface area contributed by atoms with Crippen LogP contribution < -0.4 is 5.32 Å². The third-order valence-corrected chi connectivity index (χ3v) is 3.51. The van der Waals surface area contributed by atoms with Crippen LogP contribution in [0.5, 0.6) is 0 Å². The Balaban J connectivity index is 2.11. The fourth-order valence-electron chi connectivity index (χ4n) is 2.23. The Labute approximate surface area is 121 Å². The molecule has 0 aliphatic carbocycles. The van der Waals surface area contributed by atoms with Crippen LogP contribution in [0.1, 0.15) is 12.8 Å². The zero-order chi connectivity index (χ0) is 14.7. The maximum Gasteiger partial charge on any atom is 0.247 e. The molecule has 1 aliphatic rings. The molecule has 106 valence electrons. The van der Waals surface area contributed by atoms with Crippen LogP contribution in [0.25, 0.3) is 0 Å². The Kier molecular flexibility index (Phi) is 4.39. The van der Waals surface area contributed by atoms with Crippen LogP contribution in [0.2, 0.25) is 5.02 Å². The molecule has 1 saturated heterocycles. The minimum atomic E-state index is -0.540. The van der Waals surface area contributed by atoms with Gasteiger partial charge in [-0.1, -0.05) is 18.2 Å². The predicted octanol–water partition coefficient (Wildman–Crippen LogP) is 2.59. The van der Waals surface area contributed by atoms with E-state index in [1.54, 1.807) is 0 Å². The summed E-state index contributed by atoms with van der Waals surface area (Å²) in [6.45, 7) is 3.95. The molecule has 1 N–H and O–H groups in total. The Morgan fingerprint density at radius 3 is 2.90 bits per heavy atom. The second kappa shape index (κ2) is 6.05. The topological polar surface area (TPSA) is 49.4 Å². The molecule has 0 unspecified atom stereocenters. The van der Waals surface area contributed by atoms with E-state index >= 15 is 0 Å². The lowest BCUT2D eigenvalue weighted by Gasteiger charge is -2.22. The first-order valence-corrected chi connectivity index (χ1v) is 6.59. The van der Waals surface area contributed by atoms with Gasteiger partial charge < -0.3 is 10.2 Å². The van der Waals surface area contributed by atoms with Crippen LogP contribution in [-0.4, -0.2) is 29.3 Å². The minimum Gasteiger partial charge on any atom is -0.327 e. The highest BCUT2D eigenvalue weighted by Crippen LogP contribution is 2.24. The smallest absolute Gasteiger partial charge is 0.247 e. The van der Waals surface area contributed by atoms with Gasteiger partial charge in [0.05, 0.1) is 10.7 Å². The van der Waals surface area contributed by atoms with Crippen LogP contribution in [0.15, 0.2) is 30.9 Å². The molecule has 0 saturated carbocycles. The Bertz CT molecular complexity index is 562. The number of hydrogen-bond donors (Lipinski definition) is 1. The van der Waals surface area contributed by atoms with Crippen LogP contribution in [0, 0.1) is 5.82 Å². The first-order chi connectivity index (χ1) is 9.52. The van der Waals surface area contributed by atoms with Gasteiger partial charge in [0, 0.05) is 6.54 Å². The summed E-state index contributed by atoms with van der Waals surface area (Å²) >= 11 is 5.86. The molecule has 0 bridgehead atoms. The van der Waals surface area contributed by atoms with E-state index < -0.39 is 11.9 Å². The molecular formula is C14H14ClFN2O2. The van der Waals surface area contributed by atoms with E-state index in [4.69, 9.17) is 11.6 Å². The number of carbonyl (C=O) groups is 2. The molecule has 1 fully saturated rings. The largest absolute Gasteiger partial charge is 0.327 e. The monoisotopic (exact) mass is 296 g/mol. The lowest BCUT2D eigenvalue weighted by atomic mass is 10.2. The molecule has 0 spiro atoms. The number of rotatable bonds is 3. The highest BCUT2D eigenvalue weighted by molar-refractivity contribution is 6.33. The summed E-state index contributed by atoms with van der Waals surface area (Å²) in [7, 11) is 0.